The maximum Gasteiger partial charge on any atom is 0.295 e. The number of nitrogens with zero attached hydrogens (tertiary/aromatic N) is 2. The number of rotatable bonds is 10. The smallest absolute Gasteiger partial charge is 0.295 e. The van der Waals surface area contributed by atoms with E-state index in [1.54, 1.807) is 36.4 Å². The van der Waals surface area contributed by atoms with E-state index < -0.39 is 23.5 Å². The van der Waals surface area contributed by atoms with E-state index in [9.17, 15) is 19.1 Å². The number of Topliss-reactive ketones (excluding diaryl/α,β-unsaturated/α-hetero) is 1. The van der Waals surface area contributed by atoms with Gasteiger partial charge in [-0.3, -0.25) is 14.5 Å². The van der Waals surface area contributed by atoms with E-state index in [-0.39, 0.29) is 11.3 Å². The normalized spacial score (nSPS) is 20.2. The van der Waals surface area contributed by atoms with Crippen LogP contribution in [0.3, 0.4) is 0 Å². The number of ether oxygens (including phenoxy) is 2. The van der Waals surface area contributed by atoms with Gasteiger partial charge in [-0.1, -0.05) is 37.6 Å². The molecule has 4 rings (SSSR count). The minimum Gasteiger partial charge on any atom is -0.507 e. The van der Waals surface area contributed by atoms with E-state index in [4.69, 9.17) is 9.47 Å². The van der Waals surface area contributed by atoms with E-state index in [0.29, 0.717) is 49.7 Å². The molecule has 7 nitrogen and oxygen atoms in total. The zero-order valence-corrected chi connectivity index (χ0v) is 20.6. The van der Waals surface area contributed by atoms with Gasteiger partial charge in [-0.15, -0.1) is 0 Å². The van der Waals surface area contributed by atoms with Crippen LogP contribution in [0.25, 0.3) is 5.76 Å². The number of carbonyl (C=O) groups is 2. The molecule has 0 bridgehead atoms. The molecule has 36 heavy (non-hydrogen) atoms. The summed E-state index contributed by atoms with van der Waals surface area (Å²) in [6, 6.07) is 11.8. The third kappa shape index (κ3) is 5.94. The monoisotopic (exact) mass is 496 g/mol. The maximum atomic E-state index is 13.7. The largest absolute Gasteiger partial charge is 0.507 e. The zero-order valence-electron chi connectivity index (χ0n) is 20.6. The number of amides is 1. The van der Waals surface area contributed by atoms with Gasteiger partial charge in [0.05, 0.1) is 31.4 Å². The molecule has 0 aromatic heterocycles. The van der Waals surface area contributed by atoms with Crippen molar-refractivity contribution in [1.29, 1.82) is 0 Å². The molecule has 2 aliphatic rings. The number of unbranched alkanes of at least 4 members (excludes halogenated alkanes) is 1. The van der Waals surface area contributed by atoms with Gasteiger partial charge in [0, 0.05) is 31.7 Å². The van der Waals surface area contributed by atoms with Crippen LogP contribution in [0.4, 0.5) is 4.39 Å². The number of halogens is 1. The van der Waals surface area contributed by atoms with Crippen molar-refractivity contribution < 1.29 is 28.6 Å². The summed E-state index contributed by atoms with van der Waals surface area (Å²) in [5, 5.41) is 11.3. The molecule has 2 aromatic rings. The highest BCUT2D eigenvalue weighted by atomic mass is 19.1. The molecule has 0 aliphatic carbocycles. The van der Waals surface area contributed by atoms with E-state index >= 15 is 0 Å². The van der Waals surface area contributed by atoms with E-state index in [1.807, 2.05) is 0 Å². The summed E-state index contributed by atoms with van der Waals surface area (Å²) in [5.41, 5.74) is 0.963. The molecule has 2 heterocycles. The maximum absolute atomic E-state index is 13.7. The summed E-state index contributed by atoms with van der Waals surface area (Å²) < 4.78 is 24.8. The molecular weight excluding hydrogens is 463 g/mol. The fourth-order valence-corrected chi connectivity index (χ4v) is 4.61. The van der Waals surface area contributed by atoms with E-state index in [2.05, 4.69) is 11.8 Å². The molecule has 2 saturated heterocycles. The molecule has 0 spiro atoms. The lowest BCUT2D eigenvalue weighted by molar-refractivity contribution is -0.140. The van der Waals surface area contributed by atoms with Crippen LogP contribution in [0.15, 0.2) is 54.1 Å². The Morgan fingerprint density at radius 1 is 1.08 bits per heavy atom. The fraction of sp³-hybridized carbons (Fsp3) is 0.429. The van der Waals surface area contributed by atoms with Crippen molar-refractivity contribution in [3.05, 3.63) is 71.0 Å². The van der Waals surface area contributed by atoms with Gasteiger partial charge < -0.3 is 19.5 Å². The van der Waals surface area contributed by atoms with Crippen LogP contribution in [-0.4, -0.2) is 72.6 Å². The lowest BCUT2D eigenvalue weighted by Crippen LogP contribution is -2.38. The summed E-state index contributed by atoms with van der Waals surface area (Å²) >= 11 is 0. The number of hydrogen-bond donors (Lipinski definition) is 1. The van der Waals surface area contributed by atoms with Gasteiger partial charge in [-0.2, -0.15) is 0 Å². The SMILES string of the molecule is CCCCOc1cccc(/C(O)=C2\C(=O)C(=O)N(CCCN3CCOCC3)C2c2ccc(F)cc2)c1. The van der Waals surface area contributed by atoms with Crippen LogP contribution < -0.4 is 4.74 Å². The second-order valence-electron chi connectivity index (χ2n) is 9.08. The Bertz CT molecular complexity index is 1100. The average Bonchev–Trinajstić information content (AvgIpc) is 3.15. The van der Waals surface area contributed by atoms with Crippen LogP contribution in [0.1, 0.15) is 43.4 Å². The van der Waals surface area contributed by atoms with Gasteiger partial charge in [-0.05, 0) is 42.7 Å². The third-order valence-corrected chi connectivity index (χ3v) is 6.58. The molecule has 1 N–H and O–H groups in total. The summed E-state index contributed by atoms with van der Waals surface area (Å²) in [7, 11) is 0. The van der Waals surface area contributed by atoms with Crippen LogP contribution in [0.5, 0.6) is 5.75 Å². The van der Waals surface area contributed by atoms with Crippen LogP contribution >= 0.6 is 0 Å². The Kier molecular flexibility index (Phi) is 8.72. The molecule has 2 aromatic carbocycles. The Balaban J connectivity index is 1.64. The van der Waals surface area contributed by atoms with Crippen LogP contribution in [0.2, 0.25) is 0 Å². The van der Waals surface area contributed by atoms with Crippen LogP contribution in [-0.2, 0) is 14.3 Å². The molecule has 1 atom stereocenters. The lowest BCUT2D eigenvalue weighted by atomic mass is 9.95. The number of carbonyl (C=O) groups excluding carboxylic acids is 2. The van der Waals surface area contributed by atoms with Crippen molar-refractivity contribution in [2.45, 2.75) is 32.2 Å². The Morgan fingerprint density at radius 3 is 2.56 bits per heavy atom. The molecule has 0 radical (unpaired) electrons. The number of benzene rings is 2. The molecule has 8 heteroatoms. The summed E-state index contributed by atoms with van der Waals surface area (Å²) in [5.74, 6) is -1.52. The van der Waals surface area contributed by atoms with Gasteiger partial charge in [0.15, 0.2) is 0 Å². The van der Waals surface area contributed by atoms with E-state index in [1.165, 1.54) is 17.0 Å². The third-order valence-electron chi connectivity index (χ3n) is 6.58. The highest BCUT2D eigenvalue weighted by Crippen LogP contribution is 2.39. The number of aliphatic hydroxyl groups is 1. The highest BCUT2D eigenvalue weighted by Gasteiger charge is 2.45. The molecule has 0 saturated carbocycles. The van der Waals surface area contributed by atoms with Crippen molar-refractivity contribution in [3.63, 3.8) is 0 Å². The molecule has 192 valence electrons. The van der Waals surface area contributed by atoms with Gasteiger partial charge >= 0.3 is 0 Å². The van der Waals surface area contributed by atoms with Crippen molar-refractivity contribution in [2.75, 3.05) is 46.0 Å². The van der Waals surface area contributed by atoms with Gasteiger partial charge in [0.2, 0.25) is 0 Å². The first-order valence-corrected chi connectivity index (χ1v) is 12.6. The minimum absolute atomic E-state index is 0.00342. The quantitative estimate of drug-likeness (QED) is 0.230. The van der Waals surface area contributed by atoms with Crippen molar-refractivity contribution in [1.82, 2.24) is 9.80 Å². The van der Waals surface area contributed by atoms with Crippen molar-refractivity contribution in [3.8, 4) is 5.75 Å². The van der Waals surface area contributed by atoms with Gasteiger partial charge in [-0.25, -0.2) is 4.39 Å². The average molecular weight is 497 g/mol. The highest BCUT2D eigenvalue weighted by molar-refractivity contribution is 6.46. The topological polar surface area (TPSA) is 79.3 Å². The zero-order chi connectivity index (χ0) is 25.5. The van der Waals surface area contributed by atoms with Gasteiger partial charge in [0.25, 0.3) is 11.7 Å². The first kappa shape index (κ1) is 25.9. The number of aliphatic hydroxyl groups excluding tert-OH is 1. The predicted octanol–water partition coefficient (Wildman–Crippen LogP) is 4.15. The standard InChI is InChI=1S/C28H33FN2O5/c1-2-3-16-36-23-7-4-6-21(19-23)26(32)24-25(20-8-10-22(29)11-9-20)31(28(34)27(24)33)13-5-12-30-14-17-35-18-15-30/h4,6-11,19,25,32H,2-3,5,12-18H2,1H3/b26-24+. The summed E-state index contributed by atoms with van der Waals surface area (Å²) in [6.45, 7) is 6.74. The fourth-order valence-electron chi connectivity index (χ4n) is 4.61. The molecule has 1 amide bonds. The molecule has 2 fully saturated rings. The molecule has 1 unspecified atom stereocenters. The summed E-state index contributed by atoms with van der Waals surface area (Å²) in [6.07, 6.45) is 2.55. The Morgan fingerprint density at radius 2 is 1.83 bits per heavy atom. The minimum atomic E-state index is -0.806. The molecular formula is C28H33FN2O5. The second kappa shape index (κ2) is 12.1. The van der Waals surface area contributed by atoms with Crippen molar-refractivity contribution >= 4 is 17.4 Å². The Labute approximate surface area is 211 Å². The number of hydrogen-bond acceptors (Lipinski definition) is 6. The first-order chi connectivity index (χ1) is 17.5. The lowest BCUT2D eigenvalue weighted by Gasteiger charge is -2.29. The number of ketones is 1. The Hall–Kier alpha value is -3.23. The second-order valence-corrected chi connectivity index (χ2v) is 9.08. The van der Waals surface area contributed by atoms with Gasteiger partial charge in [0.1, 0.15) is 17.3 Å². The number of morpholine rings is 1. The predicted molar refractivity (Wildman–Crippen MR) is 134 cm³/mol. The number of likely N-dealkylation sites (tertiary alicyclic amines) is 1. The molecule has 2 aliphatic heterocycles. The summed E-state index contributed by atoms with van der Waals surface area (Å²) in [4.78, 5) is 30.1. The first-order valence-electron chi connectivity index (χ1n) is 12.6. The van der Waals surface area contributed by atoms with Crippen LogP contribution in [0, 0.1) is 5.82 Å². The van der Waals surface area contributed by atoms with E-state index in [0.717, 1.165) is 32.5 Å². The van der Waals surface area contributed by atoms with Crippen molar-refractivity contribution in [2.24, 2.45) is 0 Å².